The maximum absolute atomic E-state index is 14.7. The van der Waals surface area contributed by atoms with Gasteiger partial charge in [-0.1, -0.05) is 11.2 Å². The van der Waals surface area contributed by atoms with Crippen molar-refractivity contribution >= 4 is 17.7 Å². The van der Waals surface area contributed by atoms with Crippen LogP contribution >= 0.6 is 0 Å². The van der Waals surface area contributed by atoms with Gasteiger partial charge in [-0.25, -0.2) is 9.18 Å². The minimum atomic E-state index is -0.930. The maximum atomic E-state index is 14.7. The SMILES string of the molecule is CNC(=O)[C@H]1CN(c2ccc(-c3ccc(-c4noc(C)n4)nc3)c(F)c2)C(=O)O1. The summed E-state index contributed by atoms with van der Waals surface area (Å²) in [5.41, 5.74) is 1.66. The van der Waals surface area contributed by atoms with Gasteiger partial charge >= 0.3 is 6.09 Å². The van der Waals surface area contributed by atoms with Gasteiger partial charge < -0.3 is 14.6 Å². The number of nitrogens with one attached hydrogen (secondary N) is 1. The number of benzene rings is 1. The summed E-state index contributed by atoms with van der Waals surface area (Å²) in [7, 11) is 1.45. The molecule has 1 aliphatic heterocycles. The second-order valence-corrected chi connectivity index (χ2v) is 6.33. The number of cyclic esters (lactones) is 1. The largest absolute Gasteiger partial charge is 0.434 e. The van der Waals surface area contributed by atoms with E-state index in [-0.39, 0.29) is 6.54 Å². The quantitative estimate of drug-likeness (QED) is 0.719. The van der Waals surface area contributed by atoms with Gasteiger partial charge in [-0.2, -0.15) is 4.98 Å². The van der Waals surface area contributed by atoms with Crippen LogP contribution in [0.4, 0.5) is 14.9 Å². The second kappa shape index (κ2) is 7.30. The average molecular weight is 397 g/mol. The van der Waals surface area contributed by atoms with E-state index in [9.17, 15) is 14.0 Å². The number of ether oxygens (including phenoxy) is 1. The van der Waals surface area contributed by atoms with Crippen molar-refractivity contribution in [3.63, 3.8) is 0 Å². The van der Waals surface area contributed by atoms with Crippen molar-refractivity contribution in [1.29, 1.82) is 0 Å². The number of halogens is 1. The van der Waals surface area contributed by atoms with E-state index in [0.717, 1.165) is 0 Å². The van der Waals surface area contributed by atoms with Crippen LogP contribution in [0.3, 0.4) is 0 Å². The van der Waals surface area contributed by atoms with E-state index in [2.05, 4.69) is 20.4 Å². The number of amides is 2. The molecular formula is C19H16FN5O4. The molecule has 1 fully saturated rings. The first-order valence-corrected chi connectivity index (χ1v) is 8.72. The fourth-order valence-corrected chi connectivity index (χ4v) is 2.97. The Hall–Kier alpha value is -3.82. The number of pyridine rings is 1. The first-order valence-electron chi connectivity index (χ1n) is 8.72. The Kier molecular flexibility index (Phi) is 4.67. The van der Waals surface area contributed by atoms with Crippen LogP contribution < -0.4 is 10.2 Å². The van der Waals surface area contributed by atoms with Crippen molar-refractivity contribution in [2.45, 2.75) is 13.0 Å². The number of hydrogen-bond donors (Lipinski definition) is 1. The second-order valence-electron chi connectivity index (χ2n) is 6.33. The summed E-state index contributed by atoms with van der Waals surface area (Å²) in [6.45, 7) is 1.69. The first kappa shape index (κ1) is 18.5. The fraction of sp³-hybridized carbons (Fsp3) is 0.211. The Balaban J connectivity index is 1.56. The number of nitrogens with zero attached hydrogens (tertiary/aromatic N) is 4. The monoisotopic (exact) mass is 397 g/mol. The molecule has 4 rings (SSSR count). The van der Waals surface area contributed by atoms with Gasteiger partial charge in [-0.15, -0.1) is 0 Å². The molecule has 0 spiro atoms. The van der Waals surface area contributed by atoms with E-state index in [4.69, 9.17) is 9.26 Å². The third-order valence-corrected chi connectivity index (χ3v) is 4.45. The number of carbonyl (C=O) groups excluding carboxylic acids is 2. The zero-order valence-electron chi connectivity index (χ0n) is 15.5. The minimum absolute atomic E-state index is 0.0116. The van der Waals surface area contributed by atoms with Crippen molar-refractivity contribution in [3.8, 4) is 22.6 Å². The Morgan fingerprint density at radius 1 is 1.31 bits per heavy atom. The maximum Gasteiger partial charge on any atom is 0.415 e. The summed E-state index contributed by atoms with van der Waals surface area (Å²) in [4.78, 5) is 33.2. The van der Waals surface area contributed by atoms with Gasteiger partial charge in [0.2, 0.25) is 11.7 Å². The lowest BCUT2D eigenvalue weighted by Gasteiger charge is -2.14. The first-order chi connectivity index (χ1) is 14.0. The van der Waals surface area contributed by atoms with E-state index >= 15 is 0 Å². The van der Waals surface area contributed by atoms with Crippen LogP contribution in [0.5, 0.6) is 0 Å². The zero-order chi connectivity index (χ0) is 20.5. The molecule has 0 unspecified atom stereocenters. The number of hydrogen-bond acceptors (Lipinski definition) is 7. The molecule has 1 atom stereocenters. The average Bonchev–Trinajstić information content (AvgIpc) is 3.33. The lowest BCUT2D eigenvalue weighted by molar-refractivity contribution is -0.127. The molecule has 10 heteroatoms. The predicted octanol–water partition coefficient (Wildman–Crippen LogP) is 2.32. The third kappa shape index (κ3) is 3.51. The molecular weight excluding hydrogens is 381 g/mol. The highest BCUT2D eigenvalue weighted by Crippen LogP contribution is 2.29. The summed E-state index contributed by atoms with van der Waals surface area (Å²) >= 11 is 0. The van der Waals surface area contributed by atoms with Crippen LogP contribution in [0, 0.1) is 12.7 Å². The molecule has 1 aliphatic rings. The van der Waals surface area contributed by atoms with Gasteiger partial charge in [0.15, 0.2) is 6.10 Å². The molecule has 9 nitrogen and oxygen atoms in total. The third-order valence-electron chi connectivity index (χ3n) is 4.45. The van der Waals surface area contributed by atoms with Gasteiger partial charge in [0.25, 0.3) is 5.91 Å². The van der Waals surface area contributed by atoms with E-state index in [0.29, 0.717) is 34.2 Å². The molecule has 0 aliphatic carbocycles. The van der Waals surface area contributed by atoms with Gasteiger partial charge in [-0.3, -0.25) is 14.7 Å². The van der Waals surface area contributed by atoms with Crippen molar-refractivity contribution in [2.24, 2.45) is 0 Å². The number of rotatable bonds is 4. The number of aryl methyl sites for hydroxylation is 1. The molecule has 3 aromatic rings. The smallest absolute Gasteiger partial charge is 0.415 e. The number of anilines is 1. The fourth-order valence-electron chi connectivity index (χ4n) is 2.97. The van der Waals surface area contributed by atoms with Crippen LogP contribution in [0.15, 0.2) is 41.1 Å². The van der Waals surface area contributed by atoms with Crippen LogP contribution in [0.2, 0.25) is 0 Å². The molecule has 1 N–H and O–H groups in total. The minimum Gasteiger partial charge on any atom is -0.434 e. The molecule has 3 heterocycles. The van der Waals surface area contributed by atoms with Gasteiger partial charge in [0, 0.05) is 31.3 Å². The van der Waals surface area contributed by atoms with Gasteiger partial charge in [0.1, 0.15) is 11.5 Å². The van der Waals surface area contributed by atoms with Crippen molar-refractivity contribution in [1.82, 2.24) is 20.4 Å². The number of aromatic nitrogens is 3. The molecule has 148 valence electrons. The lowest BCUT2D eigenvalue weighted by Crippen LogP contribution is -2.35. The van der Waals surface area contributed by atoms with E-state index < -0.39 is 23.9 Å². The summed E-state index contributed by atoms with van der Waals surface area (Å²) in [5.74, 6) is -0.181. The van der Waals surface area contributed by atoms with Crippen LogP contribution in [-0.2, 0) is 9.53 Å². The highest BCUT2D eigenvalue weighted by molar-refractivity contribution is 5.95. The molecule has 29 heavy (non-hydrogen) atoms. The summed E-state index contributed by atoms with van der Waals surface area (Å²) in [6, 6.07) is 7.71. The van der Waals surface area contributed by atoms with E-state index in [1.165, 1.54) is 24.2 Å². The lowest BCUT2D eigenvalue weighted by atomic mass is 10.1. The molecule has 1 saturated heterocycles. The van der Waals surface area contributed by atoms with E-state index in [1.54, 1.807) is 31.2 Å². The Morgan fingerprint density at radius 3 is 2.76 bits per heavy atom. The molecule has 2 aromatic heterocycles. The van der Waals surface area contributed by atoms with Crippen LogP contribution in [-0.4, -0.2) is 46.8 Å². The van der Waals surface area contributed by atoms with Crippen molar-refractivity contribution in [3.05, 3.63) is 48.2 Å². The Labute approximate surface area is 164 Å². The topological polar surface area (TPSA) is 110 Å². The Morgan fingerprint density at radius 2 is 2.14 bits per heavy atom. The molecule has 2 amide bonds. The number of carbonyl (C=O) groups is 2. The summed E-state index contributed by atoms with van der Waals surface area (Å²) in [5, 5.41) is 6.21. The van der Waals surface area contributed by atoms with Crippen molar-refractivity contribution in [2.75, 3.05) is 18.5 Å². The molecule has 0 radical (unpaired) electrons. The normalized spacial score (nSPS) is 16.0. The van der Waals surface area contributed by atoms with Gasteiger partial charge in [-0.05, 0) is 24.3 Å². The molecule has 0 bridgehead atoms. The highest BCUT2D eigenvalue weighted by Gasteiger charge is 2.36. The van der Waals surface area contributed by atoms with Crippen LogP contribution in [0.1, 0.15) is 5.89 Å². The predicted molar refractivity (Wildman–Crippen MR) is 99.3 cm³/mol. The molecule has 1 aromatic carbocycles. The standard InChI is InChI=1S/C19H16FN5O4/c1-10-23-17(24-29-10)15-6-3-11(8-22-15)13-5-4-12(7-14(13)20)25-9-16(18(26)21-2)28-19(25)27/h3-8,16H,9H2,1-2H3,(H,21,26)/t16-/m1/s1. The summed E-state index contributed by atoms with van der Waals surface area (Å²) < 4.78 is 24.7. The Bertz CT molecular complexity index is 1080. The highest BCUT2D eigenvalue weighted by atomic mass is 19.1. The number of likely N-dealkylation sites (N-methyl/N-ethyl adjacent to an activating group) is 1. The zero-order valence-corrected chi connectivity index (χ0v) is 15.5. The van der Waals surface area contributed by atoms with Crippen LogP contribution in [0.25, 0.3) is 22.6 Å². The van der Waals surface area contributed by atoms with Gasteiger partial charge in [0.05, 0.1) is 12.2 Å². The molecule has 0 saturated carbocycles. The van der Waals surface area contributed by atoms with E-state index in [1.807, 2.05) is 0 Å². The van der Waals surface area contributed by atoms with Crippen molar-refractivity contribution < 1.29 is 23.2 Å². The summed E-state index contributed by atoms with van der Waals surface area (Å²) in [6.07, 6.45) is -0.127.